The molecule has 0 spiro atoms. The van der Waals surface area contributed by atoms with Crippen LogP contribution < -0.4 is 4.74 Å². The number of fused-ring (bicyclic) bond motifs is 8. The van der Waals surface area contributed by atoms with Gasteiger partial charge < -0.3 is 9.30 Å². The summed E-state index contributed by atoms with van der Waals surface area (Å²) in [6.45, 7) is 0. The summed E-state index contributed by atoms with van der Waals surface area (Å²) in [5.41, 5.74) is 11.9. The van der Waals surface area contributed by atoms with Gasteiger partial charge in [0.2, 0.25) is 0 Å². The Morgan fingerprint density at radius 2 is 1.41 bits per heavy atom. The van der Waals surface area contributed by atoms with E-state index in [4.69, 9.17) is 4.74 Å². The highest BCUT2D eigenvalue weighted by Gasteiger charge is 2.25. The van der Waals surface area contributed by atoms with Crippen molar-refractivity contribution >= 4 is 27.4 Å². The van der Waals surface area contributed by atoms with Gasteiger partial charge in [0.05, 0.1) is 11.0 Å². The van der Waals surface area contributed by atoms with Crippen LogP contribution in [0.25, 0.3) is 33.1 Å². The van der Waals surface area contributed by atoms with Gasteiger partial charge in [-0.2, -0.15) is 0 Å². The zero-order valence-corrected chi connectivity index (χ0v) is 17.7. The number of benzene rings is 3. The maximum absolute atomic E-state index is 6.43. The Bertz CT molecular complexity index is 1620. The Morgan fingerprint density at radius 1 is 0.656 bits per heavy atom. The van der Waals surface area contributed by atoms with Crippen LogP contribution in [0.15, 0.2) is 95.8 Å². The van der Waals surface area contributed by atoms with Crippen molar-refractivity contribution in [3.05, 3.63) is 112 Å². The fraction of sp³-hybridized carbons (Fsp3) is 0.133. The maximum atomic E-state index is 6.43. The van der Waals surface area contributed by atoms with Crippen molar-refractivity contribution in [2.75, 3.05) is 0 Å². The molecule has 0 N–H and O–H groups in total. The largest absolute Gasteiger partial charge is 0.457 e. The molecule has 8 rings (SSSR count). The van der Waals surface area contributed by atoms with Crippen LogP contribution in [-0.4, -0.2) is 4.57 Å². The molecule has 0 saturated carbocycles. The molecule has 1 aromatic heterocycles. The van der Waals surface area contributed by atoms with Crippen LogP contribution in [-0.2, 0) is 12.8 Å². The third-order valence-corrected chi connectivity index (χ3v) is 7.44. The molecular formula is C30H21NO. The van der Waals surface area contributed by atoms with E-state index in [0.29, 0.717) is 0 Å². The molecule has 2 nitrogen and oxygen atoms in total. The van der Waals surface area contributed by atoms with Crippen molar-refractivity contribution in [2.24, 2.45) is 0 Å². The third-order valence-electron chi connectivity index (χ3n) is 7.44. The van der Waals surface area contributed by atoms with Crippen molar-refractivity contribution in [3.8, 4) is 11.4 Å². The van der Waals surface area contributed by atoms with Crippen LogP contribution in [0.4, 0.5) is 0 Å². The number of para-hydroxylation sites is 1. The molecule has 4 aromatic rings. The zero-order valence-electron chi connectivity index (χ0n) is 17.7. The van der Waals surface area contributed by atoms with Crippen LogP contribution in [0, 0.1) is 0 Å². The zero-order chi connectivity index (χ0) is 20.8. The van der Waals surface area contributed by atoms with Gasteiger partial charge in [0.25, 0.3) is 0 Å². The molecule has 4 aliphatic rings. The lowest BCUT2D eigenvalue weighted by atomic mass is 9.87. The lowest BCUT2D eigenvalue weighted by Crippen LogP contribution is -2.07. The second-order valence-electron chi connectivity index (χ2n) is 9.36. The molecule has 0 radical (unpaired) electrons. The molecule has 3 aliphatic carbocycles. The van der Waals surface area contributed by atoms with Crippen LogP contribution in [0.1, 0.15) is 29.5 Å². The quantitative estimate of drug-likeness (QED) is 0.323. The van der Waals surface area contributed by atoms with Gasteiger partial charge in [0.1, 0.15) is 11.5 Å². The highest BCUT2D eigenvalue weighted by molar-refractivity contribution is 6.11. The first-order valence-corrected chi connectivity index (χ1v) is 11.5. The van der Waals surface area contributed by atoms with Crippen molar-refractivity contribution in [3.63, 3.8) is 0 Å². The van der Waals surface area contributed by atoms with E-state index in [1.165, 1.54) is 73.7 Å². The van der Waals surface area contributed by atoms with E-state index in [1.54, 1.807) is 0 Å². The minimum Gasteiger partial charge on any atom is -0.457 e. The Morgan fingerprint density at radius 3 is 2.25 bits per heavy atom. The molecule has 0 unspecified atom stereocenters. The number of hydrogen-bond donors (Lipinski definition) is 0. The molecule has 0 saturated heterocycles. The molecule has 2 heterocycles. The van der Waals surface area contributed by atoms with Crippen molar-refractivity contribution in [1.82, 2.24) is 4.57 Å². The maximum Gasteiger partial charge on any atom is 0.136 e. The molecule has 32 heavy (non-hydrogen) atoms. The number of rotatable bonds is 1. The highest BCUT2D eigenvalue weighted by Crippen LogP contribution is 2.44. The molecular weight excluding hydrogens is 390 g/mol. The summed E-state index contributed by atoms with van der Waals surface area (Å²) in [4.78, 5) is 0. The predicted octanol–water partition coefficient (Wildman–Crippen LogP) is 7.20. The van der Waals surface area contributed by atoms with Crippen molar-refractivity contribution in [2.45, 2.75) is 25.7 Å². The molecule has 2 heteroatoms. The number of allylic oxidation sites excluding steroid dienone is 7. The van der Waals surface area contributed by atoms with Gasteiger partial charge in [-0.25, -0.2) is 0 Å². The Labute approximate surface area is 186 Å². The number of ether oxygens (including phenoxy) is 1. The van der Waals surface area contributed by atoms with Gasteiger partial charge in [-0.3, -0.25) is 0 Å². The standard InChI is InChI=1S/C30H21NO/c1-2-4-23(5-3-1)31-28-15-21-9-8-20(21)14-26(28)27-17-30-25(16-29(27)31)22-11-18-6-7-19(10-18)12-24(13-22)32-30/h1-5,10-17H,6-9H2/b18-11?,19-12-,22-11+,24-12?. The third kappa shape index (κ3) is 2.24. The van der Waals surface area contributed by atoms with Gasteiger partial charge in [-0.15, -0.1) is 0 Å². The molecule has 1 aliphatic heterocycles. The number of hydrogen-bond acceptors (Lipinski definition) is 1. The van der Waals surface area contributed by atoms with E-state index < -0.39 is 0 Å². The van der Waals surface area contributed by atoms with Crippen LogP contribution >= 0.6 is 0 Å². The lowest BCUT2D eigenvalue weighted by molar-refractivity contribution is 0.439. The minimum atomic E-state index is 0.950. The van der Waals surface area contributed by atoms with Gasteiger partial charge in [-0.1, -0.05) is 30.4 Å². The van der Waals surface area contributed by atoms with E-state index in [9.17, 15) is 0 Å². The van der Waals surface area contributed by atoms with Crippen LogP contribution in [0.5, 0.6) is 5.75 Å². The Hall–Kier alpha value is -3.78. The van der Waals surface area contributed by atoms with Gasteiger partial charge in [0.15, 0.2) is 0 Å². The fourth-order valence-electron chi connectivity index (χ4n) is 5.76. The molecule has 0 amide bonds. The van der Waals surface area contributed by atoms with Crippen molar-refractivity contribution < 1.29 is 4.74 Å². The summed E-state index contributed by atoms with van der Waals surface area (Å²) >= 11 is 0. The average molecular weight is 412 g/mol. The fourth-order valence-corrected chi connectivity index (χ4v) is 5.76. The van der Waals surface area contributed by atoms with E-state index in [2.05, 4.69) is 83.5 Å². The van der Waals surface area contributed by atoms with Crippen LogP contribution in [0.2, 0.25) is 0 Å². The SMILES string of the molecule is C1=C2/C=C3C=C(/C=C1/CC2)Oc1cc2c4cc5c(cc4n(-c4ccccc4)c2cc1\3)CC5. The van der Waals surface area contributed by atoms with Crippen molar-refractivity contribution in [1.29, 1.82) is 0 Å². The van der Waals surface area contributed by atoms with Gasteiger partial charge in [-0.05, 0) is 102 Å². The van der Waals surface area contributed by atoms with Gasteiger partial charge >= 0.3 is 0 Å². The second-order valence-corrected chi connectivity index (χ2v) is 9.36. The highest BCUT2D eigenvalue weighted by atomic mass is 16.5. The molecule has 0 atom stereocenters. The average Bonchev–Trinajstić information content (AvgIpc) is 3.36. The van der Waals surface area contributed by atoms with E-state index >= 15 is 0 Å². The summed E-state index contributed by atoms with van der Waals surface area (Å²) in [5.74, 6) is 1.92. The normalized spacial score (nSPS) is 21.1. The Kier molecular flexibility index (Phi) is 3.12. The number of aryl methyl sites for hydroxylation is 2. The minimum absolute atomic E-state index is 0.950. The van der Waals surface area contributed by atoms with Gasteiger partial charge in [0, 0.05) is 22.0 Å². The first kappa shape index (κ1) is 16.9. The molecule has 0 fully saturated rings. The van der Waals surface area contributed by atoms with E-state index in [0.717, 1.165) is 24.4 Å². The second kappa shape index (κ2) is 5.92. The molecule has 4 bridgehead atoms. The lowest BCUT2D eigenvalue weighted by Gasteiger charge is -2.20. The van der Waals surface area contributed by atoms with E-state index in [-0.39, 0.29) is 0 Å². The number of aromatic nitrogens is 1. The summed E-state index contributed by atoms with van der Waals surface area (Å²) in [5, 5.41) is 2.59. The predicted molar refractivity (Wildman–Crippen MR) is 130 cm³/mol. The topological polar surface area (TPSA) is 14.2 Å². The smallest absolute Gasteiger partial charge is 0.136 e. The monoisotopic (exact) mass is 411 g/mol. The Balaban J connectivity index is 1.47. The van der Waals surface area contributed by atoms with E-state index in [1.807, 2.05) is 0 Å². The molecule has 3 aromatic carbocycles. The summed E-state index contributed by atoms with van der Waals surface area (Å²) in [7, 11) is 0. The van der Waals surface area contributed by atoms with Crippen LogP contribution in [0.3, 0.4) is 0 Å². The summed E-state index contributed by atoms with van der Waals surface area (Å²) in [6.07, 6.45) is 13.7. The first-order valence-electron chi connectivity index (χ1n) is 11.5. The summed E-state index contributed by atoms with van der Waals surface area (Å²) < 4.78 is 8.86. The summed E-state index contributed by atoms with van der Waals surface area (Å²) in [6, 6.07) is 20.2. The molecule has 152 valence electrons. The number of nitrogens with zero attached hydrogens (tertiary/aromatic N) is 1. The first-order chi connectivity index (χ1) is 15.8.